The fourth-order valence-corrected chi connectivity index (χ4v) is 6.81. The molecule has 6 nitrogen and oxygen atoms in total. The van der Waals surface area contributed by atoms with Crippen LogP contribution in [0, 0.1) is 5.41 Å². The summed E-state index contributed by atoms with van der Waals surface area (Å²) in [7, 11) is 0. The van der Waals surface area contributed by atoms with Gasteiger partial charge in [0.25, 0.3) is 0 Å². The number of carbonyl (C=O) groups is 1. The van der Waals surface area contributed by atoms with E-state index in [1.54, 1.807) is 11.3 Å². The number of fused-ring (bicyclic) bond motifs is 2. The lowest BCUT2D eigenvalue weighted by molar-refractivity contribution is -0.125. The Labute approximate surface area is 234 Å². The quantitative estimate of drug-likeness (QED) is 0.201. The van der Waals surface area contributed by atoms with Gasteiger partial charge in [-0.15, -0.1) is 11.3 Å². The second-order valence-corrected chi connectivity index (χ2v) is 12.2. The van der Waals surface area contributed by atoms with Crippen molar-refractivity contribution in [1.29, 1.82) is 0 Å². The van der Waals surface area contributed by atoms with Crippen molar-refractivity contribution in [2.75, 3.05) is 25.0 Å². The van der Waals surface area contributed by atoms with Gasteiger partial charge in [0, 0.05) is 41.3 Å². The van der Waals surface area contributed by atoms with Crippen LogP contribution in [0.2, 0.25) is 0 Å². The highest BCUT2D eigenvalue weighted by Crippen LogP contribution is 2.48. The molecule has 4 aromatic rings. The van der Waals surface area contributed by atoms with Gasteiger partial charge in [-0.1, -0.05) is 25.8 Å². The van der Waals surface area contributed by atoms with Crippen molar-refractivity contribution in [3.8, 4) is 0 Å². The zero-order valence-corrected chi connectivity index (χ0v) is 23.8. The molecule has 3 aromatic heterocycles. The minimum Gasteiger partial charge on any atom is -0.355 e. The van der Waals surface area contributed by atoms with Crippen LogP contribution in [-0.2, 0) is 4.79 Å². The normalized spacial score (nSPS) is 17.9. The molecule has 1 aromatic carbocycles. The first-order valence-electron chi connectivity index (χ1n) is 14.7. The second-order valence-electron chi connectivity index (χ2n) is 11.3. The van der Waals surface area contributed by atoms with E-state index in [9.17, 15) is 4.79 Å². The first-order valence-corrected chi connectivity index (χ1v) is 15.5. The molecule has 2 N–H and O–H groups in total. The van der Waals surface area contributed by atoms with Crippen molar-refractivity contribution >= 4 is 55.3 Å². The predicted molar refractivity (Wildman–Crippen MR) is 163 cm³/mol. The number of rotatable bonds is 11. The maximum Gasteiger partial charge on any atom is 0.140 e. The lowest BCUT2D eigenvalue weighted by atomic mass is 9.94. The third-order valence-corrected chi connectivity index (χ3v) is 9.25. The Morgan fingerprint density at radius 3 is 2.74 bits per heavy atom. The molecule has 2 fully saturated rings. The fourth-order valence-electron chi connectivity index (χ4n) is 6.09. The first-order chi connectivity index (χ1) is 19.1. The SMILES string of the molecule is CC/C=C(\CCCC(=O)C1(CN2CCCCCC2)CC1)c1cc2c(Nc3ccc4ncsc4c3)ccnc2[nH]1. The Balaban J connectivity index is 1.12. The van der Waals surface area contributed by atoms with Crippen LogP contribution in [0.25, 0.3) is 26.8 Å². The predicted octanol–water partition coefficient (Wildman–Crippen LogP) is 8.11. The number of allylic oxidation sites excluding steroid dienone is 2. The van der Waals surface area contributed by atoms with Gasteiger partial charge in [0.15, 0.2) is 0 Å². The zero-order chi connectivity index (χ0) is 26.7. The Bertz CT molecular complexity index is 1470. The van der Waals surface area contributed by atoms with Crippen LogP contribution in [0.15, 0.2) is 48.1 Å². The molecule has 39 heavy (non-hydrogen) atoms. The third-order valence-electron chi connectivity index (χ3n) is 8.46. The first kappa shape index (κ1) is 26.2. The van der Waals surface area contributed by atoms with Crippen LogP contribution in [0.3, 0.4) is 0 Å². The summed E-state index contributed by atoms with van der Waals surface area (Å²) in [5.74, 6) is 0.491. The summed E-state index contributed by atoms with van der Waals surface area (Å²) in [5, 5.41) is 4.66. The highest BCUT2D eigenvalue weighted by Gasteiger charge is 2.49. The lowest BCUT2D eigenvalue weighted by Crippen LogP contribution is -2.35. The molecule has 0 atom stereocenters. The van der Waals surface area contributed by atoms with Crippen LogP contribution < -0.4 is 5.32 Å². The van der Waals surface area contributed by atoms with Gasteiger partial charge in [0.1, 0.15) is 11.4 Å². The van der Waals surface area contributed by atoms with Gasteiger partial charge in [0.05, 0.1) is 21.4 Å². The number of anilines is 2. The van der Waals surface area contributed by atoms with Crippen molar-refractivity contribution in [3.63, 3.8) is 0 Å². The molecular formula is C32H39N5OS. The molecule has 4 heterocycles. The Morgan fingerprint density at radius 2 is 1.95 bits per heavy atom. The number of hydrogen-bond donors (Lipinski definition) is 2. The van der Waals surface area contributed by atoms with Crippen molar-refractivity contribution in [2.45, 2.75) is 71.1 Å². The Kier molecular flexibility index (Phi) is 7.80. The van der Waals surface area contributed by atoms with E-state index in [4.69, 9.17) is 0 Å². The molecule has 2 aliphatic rings. The van der Waals surface area contributed by atoms with Gasteiger partial charge >= 0.3 is 0 Å². The van der Waals surface area contributed by atoms with Crippen molar-refractivity contribution < 1.29 is 4.79 Å². The van der Waals surface area contributed by atoms with E-state index in [0.29, 0.717) is 12.2 Å². The molecular weight excluding hydrogens is 502 g/mol. The lowest BCUT2D eigenvalue weighted by Gasteiger charge is -2.25. The molecule has 0 amide bonds. The maximum absolute atomic E-state index is 13.3. The zero-order valence-electron chi connectivity index (χ0n) is 23.0. The molecule has 0 radical (unpaired) electrons. The Morgan fingerprint density at radius 1 is 1.10 bits per heavy atom. The van der Waals surface area contributed by atoms with E-state index in [-0.39, 0.29) is 5.41 Å². The number of carbonyl (C=O) groups excluding carboxylic acids is 1. The standard InChI is InChI=1S/C32H39N5OS/c1-2-8-23(9-7-10-30(38)32(14-15-32)21-37-17-5-3-4-6-18-37)28-20-25-26(13-16-33-31(25)36-28)35-24-11-12-27-29(19-24)39-22-34-27/h8,11-13,16,19-20,22H,2-7,9-10,14-15,17-18,21H2,1H3,(H2,33,35,36)/b23-8+. The summed E-state index contributed by atoms with van der Waals surface area (Å²) in [4.78, 5) is 28.4. The summed E-state index contributed by atoms with van der Waals surface area (Å²) >= 11 is 1.65. The second kappa shape index (κ2) is 11.6. The number of Topliss-reactive ketones (excluding diaryl/α,β-unsaturated/α-hetero) is 1. The van der Waals surface area contributed by atoms with Crippen molar-refractivity contribution in [3.05, 3.63) is 53.8 Å². The molecule has 0 unspecified atom stereocenters. The maximum atomic E-state index is 13.3. The summed E-state index contributed by atoms with van der Waals surface area (Å²) in [6.45, 7) is 5.50. The number of likely N-dealkylation sites (tertiary alicyclic amines) is 1. The minimum absolute atomic E-state index is 0.0488. The smallest absolute Gasteiger partial charge is 0.140 e. The number of benzene rings is 1. The summed E-state index contributed by atoms with van der Waals surface area (Å²) in [6.07, 6.45) is 15.0. The van der Waals surface area contributed by atoms with E-state index in [0.717, 1.165) is 72.3 Å². The number of thiazole rings is 1. The van der Waals surface area contributed by atoms with E-state index in [1.165, 1.54) is 49.0 Å². The minimum atomic E-state index is -0.0488. The highest BCUT2D eigenvalue weighted by atomic mass is 32.1. The van der Waals surface area contributed by atoms with Crippen molar-refractivity contribution in [2.24, 2.45) is 5.41 Å². The number of ketones is 1. The molecule has 0 bridgehead atoms. The largest absolute Gasteiger partial charge is 0.355 e. The van der Waals surface area contributed by atoms with Crippen LogP contribution in [0.5, 0.6) is 0 Å². The molecule has 204 valence electrons. The highest BCUT2D eigenvalue weighted by molar-refractivity contribution is 7.16. The number of aromatic nitrogens is 3. The van der Waals surface area contributed by atoms with Crippen LogP contribution >= 0.6 is 11.3 Å². The van der Waals surface area contributed by atoms with E-state index >= 15 is 0 Å². The van der Waals surface area contributed by atoms with Gasteiger partial charge in [-0.3, -0.25) is 4.79 Å². The monoisotopic (exact) mass is 541 g/mol. The number of hydrogen-bond acceptors (Lipinski definition) is 6. The van der Waals surface area contributed by atoms with Gasteiger partial charge in [-0.05, 0) is 93.9 Å². The van der Waals surface area contributed by atoms with E-state index < -0.39 is 0 Å². The summed E-state index contributed by atoms with van der Waals surface area (Å²) < 4.78 is 1.17. The number of pyridine rings is 1. The fraction of sp³-hybridized carbons (Fsp3) is 0.469. The van der Waals surface area contributed by atoms with Crippen LogP contribution in [-0.4, -0.2) is 45.3 Å². The van der Waals surface area contributed by atoms with E-state index in [2.05, 4.69) is 62.4 Å². The average molecular weight is 542 g/mol. The van der Waals surface area contributed by atoms with E-state index in [1.807, 2.05) is 17.8 Å². The average Bonchev–Trinajstić information content (AvgIpc) is 3.47. The molecule has 1 saturated heterocycles. The van der Waals surface area contributed by atoms with Crippen LogP contribution in [0.1, 0.15) is 76.8 Å². The molecule has 0 spiro atoms. The topological polar surface area (TPSA) is 73.9 Å². The third kappa shape index (κ3) is 5.94. The molecule has 1 aliphatic heterocycles. The van der Waals surface area contributed by atoms with Gasteiger partial charge in [-0.2, -0.15) is 0 Å². The number of nitrogens with one attached hydrogen (secondary N) is 2. The molecule has 6 rings (SSSR count). The summed E-state index contributed by atoms with van der Waals surface area (Å²) in [6, 6.07) is 10.5. The molecule has 1 saturated carbocycles. The van der Waals surface area contributed by atoms with Gasteiger partial charge in [0.2, 0.25) is 0 Å². The number of aromatic amines is 1. The Hall–Kier alpha value is -3.03. The molecule has 1 aliphatic carbocycles. The number of nitrogens with zero attached hydrogens (tertiary/aromatic N) is 3. The van der Waals surface area contributed by atoms with Gasteiger partial charge in [-0.25, -0.2) is 9.97 Å². The number of H-pyrrole nitrogens is 1. The van der Waals surface area contributed by atoms with Gasteiger partial charge < -0.3 is 15.2 Å². The van der Waals surface area contributed by atoms with Crippen LogP contribution in [0.4, 0.5) is 11.4 Å². The van der Waals surface area contributed by atoms with Crippen molar-refractivity contribution in [1.82, 2.24) is 19.9 Å². The summed E-state index contributed by atoms with van der Waals surface area (Å²) in [5.41, 5.74) is 8.18. The molecule has 7 heteroatoms.